The number of nitrogens with zero attached hydrogens (tertiary/aromatic N) is 3. The second-order valence-electron chi connectivity index (χ2n) is 3.74. The summed E-state index contributed by atoms with van der Waals surface area (Å²) in [6.07, 6.45) is 2.46. The molecule has 0 atom stereocenters. The molecule has 82 valence electrons. The van der Waals surface area contributed by atoms with Crippen LogP contribution in [0, 0.1) is 20.8 Å². The largest absolute Gasteiger partial charge is 0.298 e. The van der Waals surface area contributed by atoms with Crippen LogP contribution in [0.3, 0.4) is 0 Å². The van der Waals surface area contributed by atoms with Crippen LogP contribution in [0.15, 0.2) is 18.3 Å². The number of aromatic nitrogens is 3. The van der Waals surface area contributed by atoms with Gasteiger partial charge in [-0.25, -0.2) is 9.67 Å². The second kappa shape index (κ2) is 3.89. The first kappa shape index (κ1) is 10.5. The van der Waals surface area contributed by atoms with Gasteiger partial charge in [0.15, 0.2) is 12.1 Å². The number of carbonyl (C=O) groups excluding carboxylic acids is 1. The van der Waals surface area contributed by atoms with Crippen molar-refractivity contribution in [3.63, 3.8) is 0 Å². The van der Waals surface area contributed by atoms with Crippen LogP contribution in [0.1, 0.15) is 27.3 Å². The number of pyridine rings is 1. The summed E-state index contributed by atoms with van der Waals surface area (Å²) in [5, 5.41) is 4.38. The van der Waals surface area contributed by atoms with Gasteiger partial charge < -0.3 is 0 Å². The predicted molar refractivity (Wildman–Crippen MR) is 61.0 cm³/mol. The van der Waals surface area contributed by atoms with Crippen LogP contribution in [0.4, 0.5) is 0 Å². The number of aryl methyl sites for hydroxylation is 1. The van der Waals surface area contributed by atoms with Crippen molar-refractivity contribution in [1.29, 1.82) is 0 Å². The van der Waals surface area contributed by atoms with Crippen molar-refractivity contribution in [2.45, 2.75) is 20.8 Å². The normalized spacial score (nSPS) is 10.4. The molecule has 0 radical (unpaired) electrons. The molecule has 0 spiro atoms. The SMILES string of the molecule is Cc1nn(-c2ncccc2C=O)c(C)c1C. The molecule has 0 aliphatic rings. The molecule has 2 rings (SSSR count). The lowest BCUT2D eigenvalue weighted by atomic mass is 10.2. The first-order chi connectivity index (χ1) is 7.65. The van der Waals surface area contributed by atoms with E-state index in [1.54, 1.807) is 23.0 Å². The molecule has 16 heavy (non-hydrogen) atoms. The molecular formula is C12H13N3O. The third-order valence-corrected chi connectivity index (χ3v) is 2.80. The van der Waals surface area contributed by atoms with Crippen molar-refractivity contribution in [2.24, 2.45) is 0 Å². The van der Waals surface area contributed by atoms with Crippen molar-refractivity contribution in [3.05, 3.63) is 40.8 Å². The molecule has 0 fully saturated rings. The summed E-state index contributed by atoms with van der Waals surface area (Å²) in [6, 6.07) is 3.48. The fraction of sp³-hybridized carbons (Fsp3) is 0.250. The third-order valence-electron chi connectivity index (χ3n) is 2.80. The molecule has 2 aromatic heterocycles. The van der Waals surface area contributed by atoms with Gasteiger partial charge in [-0.3, -0.25) is 4.79 Å². The van der Waals surface area contributed by atoms with E-state index in [4.69, 9.17) is 0 Å². The highest BCUT2D eigenvalue weighted by Gasteiger charge is 2.12. The number of aldehydes is 1. The lowest BCUT2D eigenvalue weighted by Gasteiger charge is -2.05. The van der Waals surface area contributed by atoms with E-state index in [2.05, 4.69) is 10.1 Å². The topological polar surface area (TPSA) is 47.8 Å². The average molecular weight is 215 g/mol. The van der Waals surface area contributed by atoms with Gasteiger partial charge in [-0.2, -0.15) is 5.10 Å². The summed E-state index contributed by atoms with van der Waals surface area (Å²) >= 11 is 0. The van der Waals surface area contributed by atoms with Gasteiger partial charge in [0.25, 0.3) is 0 Å². The van der Waals surface area contributed by atoms with Gasteiger partial charge in [0.2, 0.25) is 0 Å². The standard InChI is InChI=1S/C12H13N3O/c1-8-9(2)14-15(10(8)3)12-11(7-16)5-4-6-13-12/h4-7H,1-3H3. The van der Waals surface area contributed by atoms with Crippen LogP contribution in [-0.2, 0) is 0 Å². The lowest BCUT2D eigenvalue weighted by molar-refractivity contribution is 0.112. The minimum atomic E-state index is 0.549. The molecule has 4 heteroatoms. The summed E-state index contributed by atoms with van der Waals surface area (Å²) < 4.78 is 1.72. The Hall–Kier alpha value is -1.97. The molecule has 0 amide bonds. The molecule has 2 aromatic rings. The maximum atomic E-state index is 10.9. The van der Waals surface area contributed by atoms with E-state index in [0.29, 0.717) is 11.4 Å². The van der Waals surface area contributed by atoms with Gasteiger partial charge in [-0.15, -0.1) is 0 Å². The summed E-state index contributed by atoms with van der Waals surface area (Å²) in [7, 11) is 0. The summed E-state index contributed by atoms with van der Waals surface area (Å²) in [5.41, 5.74) is 3.65. The molecule has 0 saturated carbocycles. The highest BCUT2D eigenvalue weighted by Crippen LogP contribution is 2.16. The Kier molecular flexibility index (Phi) is 2.56. The van der Waals surface area contributed by atoms with Gasteiger partial charge in [0.1, 0.15) is 0 Å². The Morgan fingerprint density at radius 1 is 1.31 bits per heavy atom. The van der Waals surface area contributed by atoms with Crippen molar-refractivity contribution < 1.29 is 4.79 Å². The minimum absolute atomic E-state index is 0.549. The fourth-order valence-electron chi connectivity index (χ4n) is 1.61. The van der Waals surface area contributed by atoms with Crippen molar-refractivity contribution >= 4 is 6.29 Å². The van der Waals surface area contributed by atoms with Crippen molar-refractivity contribution in [1.82, 2.24) is 14.8 Å². The molecular weight excluding hydrogens is 202 g/mol. The molecule has 0 unspecified atom stereocenters. The Balaban J connectivity index is 2.67. The van der Waals surface area contributed by atoms with Crippen LogP contribution >= 0.6 is 0 Å². The average Bonchev–Trinajstić information content (AvgIpc) is 2.57. The van der Waals surface area contributed by atoms with Gasteiger partial charge in [0.05, 0.1) is 11.3 Å². The van der Waals surface area contributed by atoms with E-state index >= 15 is 0 Å². The first-order valence-electron chi connectivity index (χ1n) is 5.08. The van der Waals surface area contributed by atoms with E-state index in [0.717, 1.165) is 23.2 Å². The maximum absolute atomic E-state index is 10.9. The molecule has 4 nitrogen and oxygen atoms in total. The van der Waals surface area contributed by atoms with Crippen LogP contribution in [0.25, 0.3) is 5.82 Å². The Morgan fingerprint density at radius 3 is 2.62 bits per heavy atom. The van der Waals surface area contributed by atoms with Gasteiger partial charge in [-0.05, 0) is 38.5 Å². The van der Waals surface area contributed by atoms with E-state index < -0.39 is 0 Å². The van der Waals surface area contributed by atoms with E-state index in [9.17, 15) is 4.79 Å². The van der Waals surface area contributed by atoms with Crippen LogP contribution in [0.5, 0.6) is 0 Å². The number of hydrogen-bond acceptors (Lipinski definition) is 3. The van der Waals surface area contributed by atoms with Crippen LogP contribution in [0.2, 0.25) is 0 Å². The zero-order valence-corrected chi connectivity index (χ0v) is 9.56. The Morgan fingerprint density at radius 2 is 2.06 bits per heavy atom. The fourth-order valence-corrected chi connectivity index (χ4v) is 1.61. The number of hydrogen-bond donors (Lipinski definition) is 0. The van der Waals surface area contributed by atoms with E-state index in [1.165, 1.54) is 0 Å². The van der Waals surface area contributed by atoms with Crippen LogP contribution < -0.4 is 0 Å². The molecule has 0 N–H and O–H groups in total. The monoisotopic (exact) mass is 215 g/mol. The van der Waals surface area contributed by atoms with Crippen LogP contribution in [-0.4, -0.2) is 21.1 Å². The predicted octanol–water partition coefficient (Wildman–Crippen LogP) is 2.01. The zero-order chi connectivity index (χ0) is 11.7. The molecule has 0 aliphatic carbocycles. The third kappa shape index (κ3) is 1.52. The molecule has 0 aliphatic heterocycles. The smallest absolute Gasteiger partial charge is 0.164 e. The second-order valence-corrected chi connectivity index (χ2v) is 3.74. The van der Waals surface area contributed by atoms with Gasteiger partial charge >= 0.3 is 0 Å². The molecule has 0 bridgehead atoms. The minimum Gasteiger partial charge on any atom is -0.298 e. The highest BCUT2D eigenvalue weighted by molar-refractivity contribution is 5.79. The summed E-state index contributed by atoms with van der Waals surface area (Å²) in [5.74, 6) is 0.589. The maximum Gasteiger partial charge on any atom is 0.164 e. The molecule has 0 saturated heterocycles. The van der Waals surface area contributed by atoms with Crippen molar-refractivity contribution in [3.8, 4) is 5.82 Å². The van der Waals surface area contributed by atoms with Crippen molar-refractivity contribution in [2.75, 3.05) is 0 Å². The van der Waals surface area contributed by atoms with Gasteiger partial charge in [-0.1, -0.05) is 0 Å². The first-order valence-corrected chi connectivity index (χ1v) is 5.08. The Bertz CT molecular complexity index is 543. The van der Waals surface area contributed by atoms with E-state index in [-0.39, 0.29) is 0 Å². The number of carbonyl (C=O) groups is 1. The molecule has 2 heterocycles. The molecule has 0 aromatic carbocycles. The van der Waals surface area contributed by atoms with E-state index in [1.807, 2.05) is 20.8 Å². The lowest BCUT2D eigenvalue weighted by Crippen LogP contribution is -2.05. The highest BCUT2D eigenvalue weighted by atomic mass is 16.1. The quantitative estimate of drug-likeness (QED) is 0.720. The summed E-state index contributed by atoms with van der Waals surface area (Å²) in [4.78, 5) is 15.1. The zero-order valence-electron chi connectivity index (χ0n) is 9.56. The number of rotatable bonds is 2. The summed E-state index contributed by atoms with van der Waals surface area (Å²) in [6.45, 7) is 5.93. The Labute approximate surface area is 93.9 Å². The van der Waals surface area contributed by atoms with Gasteiger partial charge in [0, 0.05) is 11.9 Å².